The van der Waals surface area contributed by atoms with Gasteiger partial charge in [0.2, 0.25) is 10.0 Å². The second kappa shape index (κ2) is 6.96. The van der Waals surface area contributed by atoms with Gasteiger partial charge in [0.15, 0.2) is 0 Å². The number of rotatable bonds is 5. The third-order valence-corrected chi connectivity index (χ3v) is 8.53. The Morgan fingerprint density at radius 3 is 2.38 bits per heavy atom. The molecule has 7 heteroatoms. The van der Waals surface area contributed by atoms with Crippen molar-refractivity contribution in [1.29, 1.82) is 0 Å². The molecule has 26 heavy (non-hydrogen) atoms. The Labute approximate surface area is 159 Å². The Morgan fingerprint density at radius 1 is 1.15 bits per heavy atom. The summed E-state index contributed by atoms with van der Waals surface area (Å²) in [5.41, 5.74) is 7.64. The monoisotopic (exact) mass is 391 g/mol. The van der Waals surface area contributed by atoms with E-state index in [0.29, 0.717) is 22.7 Å². The Morgan fingerprint density at radius 2 is 1.81 bits per heavy atom. The quantitative estimate of drug-likeness (QED) is 0.795. The van der Waals surface area contributed by atoms with Gasteiger partial charge >= 0.3 is 0 Å². The van der Waals surface area contributed by atoms with Gasteiger partial charge in [-0.3, -0.25) is 4.90 Å². The largest absolute Gasteiger partial charge is 0.399 e. The van der Waals surface area contributed by atoms with E-state index in [1.54, 1.807) is 47.0 Å². The second-order valence-corrected chi connectivity index (χ2v) is 10.2. The minimum absolute atomic E-state index is 0.0637. The number of fused-ring (bicyclic) bond motifs is 2. The van der Waals surface area contributed by atoms with Gasteiger partial charge in [-0.2, -0.15) is 15.6 Å². The molecule has 2 fully saturated rings. The molecule has 1 aromatic carbocycles. The molecule has 3 heterocycles. The first-order valence-electron chi connectivity index (χ1n) is 9.05. The first-order valence-corrected chi connectivity index (χ1v) is 11.4. The van der Waals surface area contributed by atoms with Crippen LogP contribution in [0.1, 0.15) is 31.2 Å². The molecule has 0 radical (unpaired) electrons. The van der Waals surface area contributed by atoms with E-state index in [-0.39, 0.29) is 6.04 Å². The lowest BCUT2D eigenvalue weighted by molar-refractivity contribution is 0.0907. The van der Waals surface area contributed by atoms with Crippen molar-refractivity contribution in [1.82, 2.24) is 9.21 Å². The standard InChI is InChI=1S/C19H25N3O2S2/c1-21(26(23,24)19-6-2-15(20)3-7-19)18-10-16-4-5-17(11-18)22(16)12-14-8-9-25-13-14/h2-3,6-9,13,16-18H,4-5,10-12,20H2,1H3. The van der Waals surface area contributed by atoms with Crippen LogP contribution in [0.2, 0.25) is 0 Å². The molecule has 0 saturated carbocycles. The van der Waals surface area contributed by atoms with E-state index in [1.807, 2.05) is 0 Å². The minimum atomic E-state index is -3.48. The lowest BCUT2D eigenvalue weighted by Gasteiger charge is -2.41. The van der Waals surface area contributed by atoms with Gasteiger partial charge in [0, 0.05) is 37.4 Å². The summed E-state index contributed by atoms with van der Waals surface area (Å²) in [7, 11) is -1.75. The zero-order valence-corrected chi connectivity index (χ0v) is 16.5. The number of nitrogens with zero attached hydrogens (tertiary/aromatic N) is 2. The summed E-state index contributed by atoms with van der Waals surface area (Å²) in [6.45, 7) is 0.986. The zero-order valence-electron chi connectivity index (χ0n) is 14.9. The number of benzene rings is 1. The summed E-state index contributed by atoms with van der Waals surface area (Å²) in [5, 5.41) is 4.33. The maximum absolute atomic E-state index is 13.0. The molecule has 2 bridgehead atoms. The van der Waals surface area contributed by atoms with Gasteiger partial charge in [-0.15, -0.1) is 0 Å². The molecule has 0 amide bonds. The van der Waals surface area contributed by atoms with Gasteiger partial charge in [0.1, 0.15) is 0 Å². The van der Waals surface area contributed by atoms with Crippen LogP contribution in [0.4, 0.5) is 5.69 Å². The van der Waals surface area contributed by atoms with Crippen LogP contribution in [0.15, 0.2) is 46.0 Å². The van der Waals surface area contributed by atoms with Gasteiger partial charge in [-0.05, 0) is 72.3 Å². The van der Waals surface area contributed by atoms with Crippen LogP contribution in [-0.2, 0) is 16.6 Å². The molecule has 2 aromatic rings. The van der Waals surface area contributed by atoms with Gasteiger partial charge in [0.25, 0.3) is 0 Å². The smallest absolute Gasteiger partial charge is 0.243 e. The zero-order chi connectivity index (χ0) is 18.3. The average Bonchev–Trinajstić information content (AvgIpc) is 3.20. The maximum atomic E-state index is 13.0. The third-order valence-electron chi connectivity index (χ3n) is 5.88. The van der Waals surface area contributed by atoms with Gasteiger partial charge in [-0.25, -0.2) is 8.42 Å². The predicted molar refractivity (Wildman–Crippen MR) is 105 cm³/mol. The number of thiophene rings is 1. The first-order chi connectivity index (χ1) is 12.4. The molecule has 1 aromatic heterocycles. The van der Waals surface area contributed by atoms with Gasteiger partial charge < -0.3 is 5.73 Å². The molecule has 0 spiro atoms. The van der Waals surface area contributed by atoms with E-state index in [0.717, 1.165) is 19.4 Å². The van der Waals surface area contributed by atoms with E-state index in [4.69, 9.17) is 5.73 Å². The Balaban J connectivity index is 1.49. The lowest BCUT2D eigenvalue weighted by atomic mass is 9.97. The first kappa shape index (κ1) is 18.0. The summed E-state index contributed by atoms with van der Waals surface area (Å²) in [6, 6.07) is 9.69. The van der Waals surface area contributed by atoms with Crippen molar-refractivity contribution in [2.24, 2.45) is 0 Å². The molecule has 140 valence electrons. The topological polar surface area (TPSA) is 66.6 Å². The van der Waals surface area contributed by atoms with Crippen LogP contribution in [-0.4, -0.2) is 42.8 Å². The molecular weight excluding hydrogens is 366 g/mol. The third kappa shape index (κ3) is 3.29. The molecule has 2 N–H and O–H groups in total. The number of anilines is 1. The van der Waals surface area contributed by atoms with Crippen molar-refractivity contribution >= 4 is 27.0 Å². The maximum Gasteiger partial charge on any atom is 0.243 e. The van der Waals surface area contributed by atoms with Crippen LogP contribution >= 0.6 is 11.3 Å². The SMILES string of the molecule is CN(C1CC2CCC(C1)N2Cc1ccsc1)S(=O)(=O)c1ccc(N)cc1. The van der Waals surface area contributed by atoms with Crippen LogP contribution in [0.25, 0.3) is 0 Å². The van der Waals surface area contributed by atoms with Crippen LogP contribution in [0, 0.1) is 0 Å². The number of nitrogens with two attached hydrogens (primary N) is 1. The Bertz CT molecular complexity index is 835. The summed E-state index contributed by atoms with van der Waals surface area (Å²) in [5.74, 6) is 0. The molecular formula is C19H25N3O2S2. The van der Waals surface area contributed by atoms with Gasteiger partial charge in [0.05, 0.1) is 4.90 Å². The average molecular weight is 392 g/mol. The molecule has 4 rings (SSSR count). The fourth-order valence-corrected chi connectivity index (χ4v) is 6.43. The molecule has 2 aliphatic rings. The van der Waals surface area contributed by atoms with Crippen molar-refractivity contribution < 1.29 is 8.42 Å². The highest BCUT2D eigenvalue weighted by Gasteiger charge is 2.43. The van der Waals surface area contributed by atoms with Crippen molar-refractivity contribution in [3.05, 3.63) is 46.7 Å². The highest BCUT2D eigenvalue weighted by molar-refractivity contribution is 7.89. The molecule has 2 aliphatic heterocycles. The van der Waals surface area contributed by atoms with E-state index >= 15 is 0 Å². The fraction of sp³-hybridized carbons (Fsp3) is 0.474. The number of nitrogen functional groups attached to an aromatic ring is 1. The summed E-state index contributed by atoms with van der Waals surface area (Å²) in [4.78, 5) is 2.91. The Kier molecular flexibility index (Phi) is 4.81. The number of hydrogen-bond acceptors (Lipinski definition) is 5. The number of hydrogen-bond donors (Lipinski definition) is 1. The molecule has 2 unspecified atom stereocenters. The van der Waals surface area contributed by atoms with Crippen LogP contribution in [0.3, 0.4) is 0 Å². The van der Waals surface area contributed by atoms with Gasteiger partial charge in [-0.1, -0.05) is 0 Å². The number of piperidine rings is 1. The normalized spacial score (nSPS) is 26.5. The van der Waals surface area contributed by atoms with Crippen molar-refractivity contribution in [3.63, 3.8) is 0 Å². The highest BCUT2D eigenvalue weighted by Crippen LogP contribution is 2.39. The minimum Gasteiger partial charge on any atom is -0.399 e. The van der Waals surface area contributed by atoms with Crippen molar-refractivity contribution in [2.45, 2.75) is 55.2 Å². The summed E-state index contributed by atoms with van der Waals surface area (Å²) in [6.07, 6.45) is 4.15. The Hall–Kier alpha value is -1.41. The number of sulfonamides is 1. The summed E-state index contributed by atoms with van der Waals surface area (Å²) < 4.78 is 27.6. The molecule has 2 saturated heterocycles. The second-order valence-electron chi connectivity index (χ2n) is 7.40. The predicted octanol–water partition coefficient (Wildman–Crippen LogP) is 3.15. The molecule has 5 nitrogen and oxygen atoms in total. The van der Waals surface area contributed by atoms with Crippen LogP contribution in [0.5, 0.6) is 0 Å². The van der Waals surface area contributed by atoms with E-state index in [1.165, 1.54) is 18.4 Å². The van der Waals surface area contributed by atoms with Crippen molar-refractivity contribution in [3.8, 4) is 0 Å². The van der Waals surface area contributed by atoms with E-state index in [9.17, 15) is 8.42 Å². The van der Waals surface area contributed by atoms with E-state index < -0.39 is 10.0 Å². The molecule has 0 aliphatic carbocycles. The fourth-order valence-electron chi connectivity index (χ4n) is 4.40. The summed E-state index contributed by atoms with van der Waals surface area (Å²) >= 11 is 1.74. The van der Waals surface area contributed by atoms with E-state index in [2.05, 4.69) is 21.7 Å². The molecule has 2 atom stereocenters. The highest BCUT2D eigenvalue weighted by atomic mass is 32.2. The van der Waals surface area contributed by atoms with Crippen molar-refractivity contribution in [2.75, 3.05) is 12.8 Å². The van der Waals surface area contributed by atoms with Crippen LogP contribution < -0.4 is 5.73 Å². The lowest BCUT2D eigenvalue weighted by Crippen LogP contribution is -2.50.